The molecule has 2 heterocycles. The van der Waals surface area contributed by atoms with E-state index in [1.54, 1.807) is 6.20 Å². The molecule has 28 heavy (non-hydrogen) atoms. The molecule has 1 aromatic carbocycles. The second-order valence-corrected chi connectivity index (χ2v) is 8.33. The van der Waals surface area contributed by atoms with E-state index in [2.05, 4.69) is 29.2 Å². The summed E-state index contributed by atoms with van der Waals surface area (Å²) >= 11 is 0. The fourth-order valence-electron chi connectivity index (χ4n) is 4.22. The van der Waals surface area contributed by atoms with E-state index in [-0.39, 0.29) is 17.9 Å². The Morgan fingerprint density at radius 1 is 1.32 bits per heavy atom. The van der Waals surface area contributed by atoms with Gasteiger partial charge in [-0.3, -0.25) is 4.79 Å². The first-order chi connectivity index (χ1) is 13.4. The van der Waals surface area contributed by atoms with Crippen LogP contribution in [0.1, 0.15) is 37.2 Å². The Kier molecular flexibility index (Phi) is 5.25. The summed E-state index contributed by atoms with van der Waals surface area (Å²) in [5.41, 5.74) is 2.67. The number of fused-ring (bicyclic) bond motifs is 1. The van der Waals surface area contributed by atoms with Crippen molar-refractivity contribution in [1.82, 2.24) is 14.5 Å². The van der Waals surface area contributed by atoms with Crippen molar-refractivity contribution in [3.8, 4) is 0 Å². The van der Waals surface area contributed by atoms with Gasteiger partial charge in [-0.1, -0.05) is 24.3 Å². The van der Waals surface area contributed by atoms with E-state index in [9.17, 15) is 4.79 Å². The van der Waals surface area contributed by atoms with E-state index in [1.165, 1.54) is 11.1 Å². The van der Waals surface area contributed by atoms with E-state index in [1.807, 2.05) is 36.6 Å². The lowest BCUT2D eigenvalue weighted by atomic mass is 9.83. The van der Waals surface area contributed by atoms with Gasteiger partial charge >= 0.3 is 0 Å². The van der Waals surface area contributed by atoms with Gasteiger partial charge in [-0.05, 0) is 44.2 Å². The number of hydrogen-bond acceptors (Lipinski definition) is 4. The van der Waals surface area contributed by atoms with Gasteiger partial charge in [0.25, 0.3) is 0 Å². The highest BCUT2D eigenvalue weighted by atomic mass is 16.7. The van der Waals surface area contributed by atoms with Crippen LogP contribution in [0.15, 0.2) is 36.7 Å². The van der Waals surface area contributed by atoms with Gasteiger partial charge in [0.15, 0.2) is 5.79 Å². The van der Waals surface area contributed by atoms with Gasteiger partial charge in [-0.25, -0.2) is 4.98 Å². The molecule has 0 unspecified atom stereocenters. The Bertz CT molecular complexity index is 845. The maximum atomic E-state index is 13.5. The van der Waals surface area contributed by atoms with Gasteiger partial charge in [-0.2, -0.15) is 0 Å². The molecule has 6 heteroatoms. The number of aromatic nitrogens is 2. The lowest BCUT2D eigenvalue weighted by molar-refractivity contribution is -0.149. The van der Waals surface area contributed by atoms with Gasteiger partial charge in [0, 0.05) is 31.9 Å². The molecular formula is C22H29N3O3. The molecule has 0 N–H and O–H groups in total. The molecular weight excluding hydrogens is 354 g/mol. The van der Waals surface area contributed by atoms with Crippen molar-refractivity contribution in [1.29, 1.82) is 0 Å². The summed E-state index contributed by atoms with van der Waals surface area (Å²) in [5.74, 6) is 0.478. The number of imidazole rings is 1. The first-order valence-electron chi connectivity index (χ1n) is 10.0. The molecule has 0 spiro atoms. The molecule has 1 amide bonds. The maximum Gasteiger partial charge on any atom is 0.226 e. The topological polar surface area (TPSA) is 56.6 Å². The van der Waals surface area contributed by atoms with Crippen LogP contribution in [0.4, 0.5) is 0 Å². The van der Waals surface area contributed by atoms with Crippen LogP contribution in [0.2, 0.25) is 0 Å². The lowest BCUT2D eigenvalue weighted by Gasteiger charge is -2.31. The first-order valence-corrected chi connectivity index (χ1v) is 10.0. The van der Waals surface area contributed by atoms with Crippen molar-refractivity contribution in [2.24, 2.45) is 13.0 Å². The zero-order valence-electron chi connectivity index (χ0n) is 16.9. The second-order valence-electron chi connectivity index (χ2n) is 8.33. The van der Waals surface area contributed by atoms with Gasteiger partial charge < -0.3 is 18.9 Å². The minimum absolute atomic E-state index is 0.00509. The highest BCUT2D eigenvalue weighted by molar-refractivity contribution is 5.79. The number of rotatable bonds is 5. The summed E-state index contributed by atoms with van der Waals surface area (Å²) in [7, 11) is 1.96. The number of benzene rings is 1. The van der Waals surface area contributed by atoms with Gasteiger partial charge in [0.1, 0.15) is 11.9 Å². The lowest BCUT2D eigenvalue weighted by Crippen LogP contribution is -2.43. The molecule has 0 bridgehead atoms. The Labute approximate surface area is 166 Å². The summed E-state index contributed by atoms with van der Waals surface area (Å²) < 4.78 is 13.6. The van der Waals surface area contributed by atoms with Crippen molar-refractivity contribution in [3.05, 3.63) is 53.6 Å². The van der Waals surface area contributed by atoms with E-state index >= 15 is 0 Å². The molecule has 1 aliphatic carbocycles. The molecule has 0 saturated carbocycles. The summed E-state index contributed by atoms with van der Waals surface area (Å²) in [6, 6.07) is 8.46. The van der Waals surface area contributed by atoms with Crippen LogP contribution in [0.25, 0.3) is 0 Å². The summed E-state index contributed by atoms with van der Waals surface area (Å²) in [6.45, 7) is 5.34. The monoisotopic (exact) mass is 383 g/mol. The third-order valence-electron chi connectivity index (χ3n) is 5.75. The van der Waals surface area contributed by atoms with Crippen LogP contribution in [0, 0.1) is 5.92 Å². The zero-order chi connectivity index (χ0) is 19.7. The number of carbonyl (C=O) groups excluding carboxylic acids is 1. The summed E-state index contributed by atoms with van der Waals surface area (Å²) in [5, 5.41) is 0. The molecule has 150 valence electrons. The Hall–Kier alpha value is -2.18. The second kappa shape index (κ2) is 7.68. The highest BCUT2D eigenvalue weighted by Gasteiger charge is 2.36. The van der Waals surface area contributed by atoms with Crippen LogP contribution in [-0.2, 0) is 40.7 Å². The molecule has 2 aromatic rings. The van der Waals surface area contributed by atoms with Crippen LogP contribution in [-0.4, -0.2) is 45.4 Å². The molecule has 1 saturated heterocycles. The third-order valence-corrected chi connectivity index (χ3v) is 5.75. The SMILES string of the molecule is Cn1ccnc1CN(C[C@H]1COC(C)(C)O1)C(=O)[C@@H]1CCc2ccccc2C1. The van der Waals surface area contributed by atoms with E-state index in [0.717, 1.165) is 25.1 Å². The normalized spacial score (nSPS) is 23.4. The average Bonchev–Trinajstić information content (AvgIpc) is 3.24. The average molecular weight is 383 g/mol. The maximum absolute atomic E-state index is 13.5. The van der Waals surface area contributed by atoms with Crippen molar-refractivity contribution in [3.63, 3.8) is 0 Å². The van der Waals surface area contributed by atoms with E-state index in [0.29, 0.717) is 19.7 Å². The molecule has 6 nitrogen and oxygen atoms in total. The fraction of sp³-hybridized carbons (Fsp3) is 0.545. The summed E-state index contributed by atoms with van der Waals surface area (Å²) in [6.07, 6.45) is 6.22. The Morgan fingerprint density at radius 3 is 2.79 bits per heavy atom. The fourth-order valence-corrected chi connectivity index (χ4v) is 4.22. The zero-order valence-corrected chi connectivity index (χ0v) is 16.9. The third kappa shape index (κ3) is 4.13. The quantitative estimate of drug-likeness (QED) is 0.797. The number of amides is 1. The van der Waals surface area contributed by atoms with Gasteiger partial charge in [-0.15, -0.1) is 0 Å². The number of aryl methyl sites for hydroxylation is 2. The van der Waals surface area contributed by atoms with Crippen molar-refractivity contribution in [2.75, 3.05) is 13.2 Å². The highest BCUT2D eigenvalue weighted by Crippen LogP contribution is 2.28. The van der Waals surface area contributed by atoms with Crippen LogP contribution >= 0.6 is 0 Å². The minimum Gasteiger partial charge on any atom is -0.348 e. The first kappa shape index (κ1) is 19.2. The molecule has 1 fully saturated rings. The van der Waals surface area contributed by atoms with Gasteiger partial charge in [0.05, 0.1) is 13.2 Å². The van der Waals surface area contributed by atoms with Crippen LogP contribution in [0.3, 0.4) is 0 Å². The number of nitrogens with zero attached hydrogens (tertiary/aromatic N) is 3. The van der Waals surface area contributed by atoms with Crippen molar-refractivity contribution in [2.45, 2.75) is 51.5 Å². The molecule has 4 rings (SSSR count). The largest absolute Gasteiger partial charge is 0.348 e. The predicted octanol–water partition coefficient (Wildman–Crippen LogP) is 2.71. The smallest absolute Gasteiger partial charge is 0.226 e. The molecule has 2 atom stereocenters. The number of carbonyl (C=O) groups is 1. The number of hydrogen-bond donors (Lipinski definition) is 0. The van der Waals surface area contributed by atoms with Crippen LogP contribution < -0.4 is 0 Å². The van der Waals surface area contributed by atoms with Crippen molar-refractivity contribution >= 4 is 5.91 Å². The van der Waals surface area contributed by atoms with E-state index in [4.69, 9.17) is 9.47 Å². The number of ether oxygens (including phenoxy) is 2. The summed E-state index contributed by atoms with van der Waals surface area (Å²) in [4.78, 5) is 19.8. The molecule has 1 aromatic heterocycles. The Morgan fingerprint density at radius 2 is 2.11 bits per heavy atom. The van der Waals surface area contributed by atoms with Crippen molar-refractivity contribution < 1.29 is 14.3 Å². The minimum atomic E-state index is -0.591. The Balaban J connectivity index is 1.51. The van der Waals surface area contributed by atoms with E-state index < -0.39 is 5.79 Å². The molecule has 2 aliphatic rings. The standard InChI is InChI=1S/C22H29N3O3/c1-22(2)27-15-19(28-22)13-25(14-20-23-10-11-24(20)3)21(26)18-9-8-16-6-4-5-7-17(16)12-18/h4-7,10-11,18-19H,8-9,12-15H2,1-3H3/t18-,19+/m1/s1. The van der Waals surface area contributed by atoms with Crippen LogP contribution in [0.5, 0.6) is 0 Å². The molecule has 0 radical (unpaired) electrons. The predicted molar refractivity (Wildman–Crippen MR) is 105 cm³/mol. The van der Waals surface area contributed by atoms with Gasteiger partial charge in [0.2, 0.25) is 5.91 Å². The molecule has 1 aliphatic heterocycles.